The first-order valence-electron chi connectivity index (χ1n) is 5.75. The molecule has 15 heavy (non-hydrogen) atoms. The second kappa shape index (κ2) is 7.65. The smallest absolute Gasteiger partial charge is 0.238 e. The Morgan fingerprint density at radius 2 is 2.00 bits per heavy atom. The standard InChI is InChI=1S/C11H25N3O/c1-5-6-7-8-14(4)10(3)9(2)11(15)13-12/h9-10H,5-8,12H2,1-4H3,(H,13,15). The van der Waals surface area contributed by atoms with E-state index >= 15 is 0 Å². The molecule has 4 heteroatoms. The van der Waals surface area contributed by atoms with Gasteiger partial charge in [0.15, 0.2) is 0 Å². The summed E-state index contributed by atoms with van der Waals surface area (Å²) in [6.07, 6.45) is 3.66. The molecule has 0 bridgehead atoms. The van der Waals surface area contributed by atoms with E-state index < -0.39 is 0 Å². The Morgan fingerprint density at radius 1 is 1.40 bits per heavy atom. The number of carbonyl (C=O) groups excluding carboxylic acids is 1. The summed E-state index contributed by atoms with van der Waals surface area (Å²) in [6, 6.07) is 0.227. The Morgan fingerprint density at radius 3 is 2.47 bits per heavy atom. The maximum absolute atomic E-state index is 11.3. The predicted octanol–water partition coefficient (Wildman–Crippen LogP) is 1.12. The topological polar surface area (TPSA) is 58.4 Å². The Labute approximate surface area is 93.2 Å². The Bertz CT molecular complexity index is 185. The zero-order valence-electron chi connectivity index (χ0n) is 10.4. The first-order chi connectivity index (χ1) is 7.04. The van der Waals surface area contributed by atoms with Crippen LogP contribution >= 0.6 is 0 Å². The average molecular weight is 215 g/mol. The molecule has 0 saturated heterocycles. The van der Waals surface area contributed by atoms with Crippen molar-refractivity contribution in [2.75, 3.05) is 13.6 Å². The number of hydrogen-bond donors (Lipinski definition) is 2. The summed E-state index contributed by atoms with van der Waals surface area (Å²) in [5.74, 6) is 4.95. The van der Waals surface area contributed by atoms with Crippen molar-refractivity contribution in [2.45, 2.75) is 46.1 Å². The number of nitrogens with zero attached hydrogens (tertiary/aromatic N) is 1. The highest BCUT2D eigenvalue weighted by Crippen LogP contribution is 2.10. The van der Waals surface area contributed by atoms with Gasteiger partial charge in [0.25, 0.3) is 0 Å². The van der Waals surface area contributed by atoms with Crippen LogP contribution in [0.3, 0.4) is 0 Å². The van der Waals surface area contributed by atoms with Gasteiger partial charge in [0.05, 0.1) is 5.92 Å². The molecule has 0 rings (SSSR count). The number of hydrogen-bond acceptors (Lipinski definition) is 3. The third-order valence-electron chi connectivity index (χ3n) is 3.09. The van der Waals surface area contributed by atoms with E-state index in [1.807, 2.05) is 6.92 Å². The number of rotatable bonds is 7. The molecule has 2 atom stereocenters. The molecule has 1 amide bonds. The van der Waals surface area contributed by atoms with Gasteiger partial charge in [0.1, 0.15) is 0 Å². The van der Waals surface area contributed by atoms with E-state index in [2.05, 4.69) is 31.2 Å². The molecule has 90 valence electrons. The van der Waals surface area contributed by atoms with Crippen molar-refractivity contribution in [2.24, 2.45) is 11.8 Å². The maximum atomic E-state index is 11.3. The number of hydrazine groups is 1. The van der Waals surface area contributed by atoms with Crippen molar-refractivity contribution in [1.29, 1.82) is 0 Å². The Kier molecular flexibility index (Phi) is 7.34. The van der Waals surface area contributed by atoms with Crippen molar-refractivity contribution in [3.05, 3.63) is 0 Å². The van der Waals surface area contributed by atoms with Gasteiger partial charge in [-0.1, -0.05) is 26.7 Å². The fourth-order valence-electron chi connectivity index (χ4n) is 1.55. The highest BCUT2D eigenvalue weighted by molar-refractivity contribution is 5.78. The van der Waals surface area contributed by atoms with E-state index in [0.29, 0.717) is 0 Å². The van der Waals surface area contributed by atoms with Crippen LogP contribution in [0, 0.1) is 5.92 Å². The molecule has 0 heterocycles. The predicted molar refractivity (Wildman–Crippen MR) is 63.1 cm³/mol. The van der Waals surface area contributed by atoms with Gasteiger partial charge in [0, 0.05) is 6.04 Å². The van der Waals surface area contributed by atoms with Crippen molar-refractivity contribution in [3.63, 3.8) is 0 Å². The lowest BCUT2D eigenvalue weighted by Gasteiger charge is -2.28. The second-order valence-corrected chi connectivity index (χ2v) is 4.23. The number of amides is 1. The molecule has 0 spiro atoms. The zero-order chi connectivity index (χ0) is 11.8. The van der Waals surface area contributed by atoms with E-state index in [-0.39, 0.29) is 17.9 Å². The molecule has 0 aromatic heterocycles. The number of nitrogens with one attached hydrogen (secondary N) is 1. The molecular weight excluding hydrogens is 190 g/mol. The number of nitrogens with two attached hydrogens (primary N) is 1. The van der Waals surface area contributed by atoms with Crippen LogP contribution < -0.4 is 11.3 Å². The number of unbranched alkanes of at least 4 members (excludes halogenated alkanes) is 2. The lowest BCUT2D eigenvalue weighted by atomic mass is 10.0. The van der Waals surface area contributed by atoms with Gasteiger partial charge in [-0.3, -0.25) is 10.2 Å². The molecule has 4 nitrogen and oxygen atoms in total. The molecule has 0 aliphatic heterocycles. The molecule has 0 aromatic rings. The summed E-state index contributed by atoms with van der Waals surface area (Å²) in [5.41, 5.74) is 2.20. The van der Waals surface area contributed by atoms with Crippen molar-refractivity contribution in [3.8, 4) is 0 Å². The van der Waals surface area contributed by atoms with Crippen LogP contribution in [-0.4, -0.2) is 30.4 Å². The van der Waals surface area contributed by atoms with Gasteiger partial charge in [-0.15, -0.1) is 0 Å². The van der Waals surface area contributed by atoms with Gasteiger partial charge >= 0.3 is 0 Å². The monoisotopic (exact) mass is 215 g/mol. The van der Waals surface area contributed by atoms with E-state index in [1.54, 1.807) is 0 Å². The minimum Gasteiger partial charge on any atom is -0.303 e. The lowest BCUT2D eigenvalue weighted by Crippen LogP contribution is -2.44. The van der Waals surface area contributed by atoms with Crippen molar-refractivity contribution < 1.29 is 4.79 Å². The summed E-state index contributed by atoms with van der Waals surface area (Å²) in [7, 11) is 2.06. The van der Waals surface area contributed by atoms with Gasteiger partial charge in [0.2, 0.25) is 5.91 Å². The van der Waals surface area contributed by atoms with Crippen molar-refractivity contribution >= 4 is 5.91 Å². The SMILES string of the molecule is CCCCCN(C)C(C)C(C)C(=O)NN. The maximum Gasteiger partial charge on any atom is 0.238 e. The molecule has 2 unspecified atom stereocenters. The van der Waals surface area contributed by atoms with Crippen LogP contribution in [0.1, 0.15) is 40.0 Å². The van der Waals surface area contributed by atoms with Crippen LogP contribution in [0.4, 0.5) is 0 Å². The lowest BCUT2D eigenvalue weighted by molar-refractivity contribution is -0.126. The summed E-state index contributed by atoms with van der Waals surface area (Å²) >= 11 is 0. The van der Waals surface area contributed by atoms with Crippen LogP contribution in [0.2, 0.25) is 0 Å². The third kappa shape index (κ3) is 5.14. The van der Waals surface area contributed by atoms with Crippen LogP contribution in [-0.2, 0) is 4.79 Å². The van der Waals surface area contributed by atoms with Crippen LogP contribution in [0.15, 0.2) is 0 Å². The molecule has 0 aromatic carbocycles. The largest absolute Gasteiger partial charge is 0.303 e. The van der Waals surface area contributed by atoms with Crippen LogP contribution in [0.5, 0.6) is 0 Å². The second-order valence-electron chi connectivity index (χ2n) is 4.23. The minimum absolute atomic E-state index is 0.0679. The highest BCUT2D eigenvalue weighted by atomic mass is 16.2. The third-order valence-corrected chi connectivity index (χ3v) is 3.09. The average Bonchev–Trinajstić information content (AvgIpc) is 2.26. The molecular formula is C11H25N3O. The fourth-order valence-corrected chi connectivity index (χ4v) is 1.55. The normalized spacial score (nSPS) is 15.1. The molecule has 0 saturated carbocycles. The molecule has 0 aliphatic carbocycles. The van der Waals surface area contributed by atoms with Gasteiger partial charge < -0.3 is 4.90 Å². The highest BCUT2D eigenvalue weighted by Gasteiger charge is 2.22. The van der Waals surface area contributed by atoms with E-state index in [0.717, 1.165) is 6.54 Å². The summed E-state index contributed by atoms with van der Waals surface area (Å²) in [5, 5.41) is 0. The Balaban J connectivity index is 3.95. The first-order valence-corrected chi connectivity index (χ1v) is 5.75. The van der Waals surface area contributed by atoms with Crippen molar-refractivity contribution in [1.82, 2.24) is 10.3 Å². The van der Waals surface area contributed by atoms with Crippen LogP contribution in [0.25, 0.3) is 0 Å². The number of carbonyl (C=O) groups is 1. The fraction of sp³-hybridized carbons (Fsp3) is 0.909. The summed E-state index contributed by atoms with van der Waals surface area (Å²) in [6.45, 7) is 7.19. The summed E-state index contributed by atoms with van der Waals surface area (Å²) in [4.78, 5) is 13.5. The Hall–Kier alpha value is -0.610. The molecule has 0 aliphatic rings. The molecule has 0 fully saturated rings. The van der Waals surface area contributed by atoms with E-state index in [4.69, 9.17) is 5.84 Å². The molecule has 3 N–H and O–H groups in total. The van der Waals surface area contributed by atoms with Gasteiger partial charge in [-0.2, -0.15) is 0 Å². The van der Waals surface area contributed by atoms with Gasteiger partial charge in [-0.25, -0.2) is 5.84 Å². The quantitative estimate of drug-likeness (QED) is 0.290. The zero-order valence-corrected chi connectivity index (χ0v) is 10.4. The van der Waals surface area contributed by atoms with E-state index in [9.17, 15) is 4.79 Å². The minimum atomic E-state index is -0.0927. The first kappa shape index (κ1) is 14.4. The summed E-state index contributed by atoms with van der Waals surface area (Å²) < 4.78 is 0. The van der Waals surface area contributed by atoms with E-state index in [1.165, 1.54) is 19.3 Å². The molecule has 0 radical (unpaired) electrons. The van der Waals surface area contributed by atoms with Gasteiger partial charge in [-0.05, 0) is 26.9 Å².